The Morgan fingerprint density at radius 2 is 1.81 bits per heavy atom. The smallest absolute Gasteiger partial charge is 0.255 e. The van der Waals surface area contributed by atoms with Crippen LogP contribution in [0.5, 0.6) is 5.75 Å². The molecule has 3 N–H and O–H groups in total. The largest absolute Gasteiger partial charge is 0.495 e. The van der Waals surface area contributed by atoms with Crippen molar-refractivity contribution < 1.29 is 9.53 Å². The Bertz CT molecular complexity index is 929. The number of carbonyl (C=O) groups excluding carboxylic acids is 1. The lowest BCUT2D eigenvalue weighted by atomic mass is 9.95. The Morgan fingerprint density at radius 3 is 2.48 bits per heavy atom. The van der Waals surface area contributed by atoms with Gasteiger partial charge in [-0.1, -0.05) is 35.3 Å². The molecule has 0 bridgehead atoms. The lowest BCUT2D eigenvalue weighted by molar-refractivity contribution is -0.113. The fourth-order valence-corrected chi connectivity index (χ4v) is 3.44. The molecule has 0 fully saturated rings. The Hall–Kier alpha value is -2.28. The number of rotatable bonds is 4. The van der Waals surface area contributed by atoms with Crippen LogP contribution in [0.3, 0.4) is 0 Å². The van der Waals surface area contributed by atoms with Gasteiger partial charge in [0.15, 0.2) is 5.11 Å². The summed E-state index contributed by atoms with van der Waals surface area (Å²) in [6.07, 6.45) is 0. The van der Waals surface area contributed by atoms with Crippen molar-refractivity contribution in [2.45, 2.75) is 13.0 Å². The summed E-state index contributed by atoms with van der Waals surface area (Å²) in [5.74, 6) is 0.219. The SMILES string of the molecule is COc1ccc(Cl)cc1NC(=O)C1=C(C)NC(=S)N[C@@H]1c1ccc(Cl)cc1. The Kier molecular flexibility index (Phi) is 5.89. The fraction of sp³-hybridized carbons (Fsp3) is 0.158. The highest BCUT2D eigenvalue weighted by Crippen LogP contribution is 2.32. The van der Waals surface area contributed by atoms with E-state index in [2.05, 4.69) is 16.0 Å². The standard InChI is InChI=1S/C19H17Cl2N3O2S/c1-10-16(18(25)23-14-9-13(21)7-8-15(14)26-2)17(24-19(27)22-10)11-3-5-12(20)6-4-11/h3-9,17H,1-2H3,(H,23,25)(H2,22,24,27)/t17-/m1/s1. The number of hydrogen-bond donors (Lipinski definition) is 3. The normalized spacial score (nSPS) is 16.4. The van der Waals surface area contributed by atoms with Crippen LogP contribution in [-0.2, 0) is 4.79 Å². The van der Waals surface area contributed by atoms with Crippen LogP contribution in [0.25, 0.3) is 0 Å². The highest BCUT2D eigenvalue weighted by Gasteiger charge is 2.30. The summed E-state index contributed by atoms with van der Waals surface area (Å²) >= 11 is 17.3. The molecule has 0 aliphatic carbocycles. The molecule has 1 heterocycles. The number of thiocarbonyl (C=S) groups is 1. The zero-order chi connectivity index (χ0) is 19.6. The summed E-state index contributed by atoms with van der Waals surface area (Å²) in [5.41, 5.74) is 2.52. The van der Waals surface area contributed by atoms with E-state index in [0.717, 1.165) is 5.56 Å². The summed E-state index contributed by atoms with van der Waals surface area (Å²) in [6.45, 7) is 1.81. The summed E-state index contributed by atoms with van der Waals surface area (Å²) in [4.78, 5) is 13.1. The molecule has 3 rings (SSSR count). The van der Waals surface area contributed by atoms with Crippen LogP contribution in [0, 0.1) is 0 Å². The first-order valence-corrected chi connectivity index (χ1v) is 9.24. The number of benzene rings is 2. The molecule has 27 heavy (non-hydrogen) atoms. The first-order chi connectivity index (χ1) is 12.9. The highest BCUT2D eigenvalue weighted by molar-refractivity contribution is 7.80. The van der Waals surface area contributed by atoms with Crippen molar-refractivity contribution in [1.82, 2.24) is 10.6 Å². The van der Waals surface area contributed by atoms with Crippen LogP contribution in [0.4, 0.5) is 5.69 Å². The molecule has 0 saturated carbocycles. The molecule has 0 radical (unpaired) electrons. The van der Waals surface area contributed by atoms with Crippen molar-refractivity contribution >= 4 is 52.1 Å². The molecule has 2 aromatic rings. The molecule has 2 aromatic carbocycles. The van der Waals surface area contributed by atoms with Gasteiger partial charge in [-0.3, -0.25) is 4.79 Å². The highest BCUT2D eigenvalue weighted by atomic mass is 35.5. The number of amides is 1. The minimum absolute atomic E-state index is 0.296. The van der Waals surface area contributed by atoms with Crippen LogP contribution in [0.2, 0.25) is 10.0 Å². The van der Waals surface area contributed by atoms with Gasteiger partial charge in [0, 0.05) is 15.7 Å². The molecule has 1 aliphatic heterocycles. The van der Waals surface area contributed by atoms with Gasteiger partial charge in [0.05, 0.1) is 24.4 Å². The molecule has 0 saturated heterocycles. The van der Waals surface area contributed by atoms with Gasteiger partial charge in [-0.15, -0.1) is 0 Å². The van der Waals surface area contributed by atoms with Crippen molar-refractivity contribution in [3.05, 3.63) is 69.3 Å². The number of ether oxygens (including phenoxy) is 1. The number of carbonyl (C=O) groups is 1. The third kappa shape index (κ3) is 4.35. The molecule has 1 aliphatic rings. The molecular formula is C19H17Cl2N3O2S. The van der Waals surface area contributed by atoms with E-state index in [1.807, 2.05) is 12.1 Å². The number of halogens is 2. The topological polar surface area (TPSA) is 62.4 Å². The predicted octanol–water partition coefficient (Wildman–Crippen LogP) is 4.43. The van der Waals surface area contributed by atoms with Gasteiger partial charge >= 0.3 is 0 Å². The Morgan fingerprint density at radius 1 is 1.15 bits per heavy atom. The second kappa shape index (κ2) is 8.17. The Balaban J connectivity index is 1.97. The van der Waals surface area contributed by atoms with Gasteiger partial charge < -0.3 is 20.7 Å². The molecule has 0 spiro atoms. The molecule has 8 heteroatoms. The van der Waals surface area contributed by atoms with Crippen molar-refractivity contribution in [3.63, 3.8) is 0 Å². The maximum Gasteiger partial charge on any atom is 0.255 e. The van der Waals surface area contributed by atoms with Gasteiger partial charge in [-0.25, -0.2) is 0 Å². The average molecular weight is 422 g/mol. The summed E-state index contributed by atoms with van der Waals surface area (Å²) in [7, 11) is 1.53. The van der Waals surface area contributed by atoms with E-state index >= 15 is 0 Å². The lowest BCUT2D eigenvalue weighted by Gasteiger charge is -2.30. The van der Waals surface area contributed by atoms with Crippen molar-refractivity contribution in [1.29, 1.82) is 0 Å². The monoisotopic (exact) mass is 421 g/mol. The minimum Gasteiger partial charge on any atom is -0.495 e. The van der Waals surface area contributed by atoms with E-state index in [4.69, 9.17) is 40.2 Å². The van der Waals surface area contributed by atoms with Gasteiger partial charge in [0.2, 0.25) is 0 Å². The lowest BCUT2D eigenvalue weighted by Crippen LogP contribution is -2.45. The molecule has 0 unspecified atom stereocenters. The summed E-state index contributed by atoms with van der Waals surface area (Å²) < 4.78 is 5.30. The summed E-state index contributed by atoms with van der Waals surface area (Å²) in [6, 6.07) is 11.9. The Labute approximate surface area is 172 Å². The van der Waals surface area contributed by atoms with Gasteiger partial charge in [0.25, 0.3) is 5.91 Å². The van der Waals surface area contributed by atoms with E-state index in [0.29, 0.717) is 37.9 Å². The maximum atomic E-state index is 13.1. The van der Waals surface area contributed by atoms with E-state index in [1.54, 1.807) is 37.3 Å². The zero-order valence-corrected chi connectivity index (χ0v) is 16.9. The van der Waals surface area contributed by atoms with Gasteiger partial charge in [-0.05, 0) is 55.0 Å². The fourth-order valence-electron chi connectivity index (χ4n) is 2.87. The van der Waals surface area contributed by atoms with Gasteiger partial charge in [0.1, 0.15) is 5.75 Å². The second-order valence-electron chi connectivity index (χ2n) is 5.92. The number of hydrogen-bond acceptors (Lipinski definition) is 3. The molecule has 1 amide bonds. The maximum absolute atomic E-state index is 13.1. The molecular weight excluding hydrogens is 405 g/mol. The third-order valence-electron chi connectivity index (χ3n) is 4.13. The molecule has 5 nitrogen and oxygen atoms in total. The van der Waals surface area contributed by atoms with Crippen molar-refractivity contribution in [2.24, 2.45) is 0 Å². The number of methoxy groups -OCH3 is 1. The van der Waals surface area contributed by atoms with Crippen LogP contribution >= 0.6 is 35.4 Å². The van der Waals surface area contributed by atoms with E-state index < -0.39 is 6.04 Å². The minimum atomic E-state index is -0.416. The first kappa shape index (κ1) is 19.5. The van der Waals surface area contributed by atoms with E-state index in [1.165, 1.54) is 7.11 Å². The van der Waals surface area contributed by atoms with Crippen LogP contribution < -0.4 is 20.7 Å². The van der Waals surface area contributed by atoms with Crippen LogP contribution in [-0.4, -0.2) is 18.1 Å². The molecule has 0 aromatic heterocycles. The molecule has 140 valence electrons. The number of nitrogens with one attached hydrogen (secondary N) is 3. The van der Waals surface area contributed by atoms with Gasteiger partial charge in [-0.2, -0.15) is 0 Å². The number of allylic oxidation sites excluding steroid dienone is 1. The van der Waals surface area contributed by atoms with Crippen LogP contribution in [0.15, 0.2) is 53.7 Å². The van der Waals surface area contributed by atoms with E-state index in [9.17, 15) is 4.79 Å². The van der Waals surface area contributed by atoms with E-state index in [-0.39, 0.29) is 5.91 Å². The van der Waals surface area contributed by atoms with Crippen LogP contribution in [0.1, 0.15) is 18.5 Å². The second-order valence-corrected chi connectivity index (χ2v) is 7.20. The van der Waals surface area contributed by atoms with Crippen molar-refractivity contribution in [3.8, 4) is 5.75 Å². The first-order valence-electron chi connectivity index (χ1n) is 8.07. The zero-order valence-electron chi connectivity index (χ0n) is 14.6. The molecule has 1 atom stereocenters. The average Bonchev–Trinajstić information content (AvgIpc) is 2.61. The predicted molar refractivity (Wildman–Crippen MR) is 112 cm³/mol. The summed E-state index contributed by atoms with van der Waals surface area (Å²) in [5, 5.41) is 10.6. The van der Waals surface area contributed by atoms with Crippen molar-refractivity contribution in [2.75, 3.05) is 12.4 Å². The third-order valence-corrected chi connectivity index (χ3v) is 4.83. The number of anilines is 1. The quantitative estimate of drug-likeness (QED) is 0.637.